The predicted octanol–water partition coefficient (Wildman–Crippen LogP) is 4.07. The van der Waals surface area contributed by atoms with Crippen molar-refractivity contribution in [3.05, 3.63) is 11.8 Å². The van der Waals surface area contributed by atoms with E-state index in [-0.39, 0.29) is 49.5 Å². The number of carbonyl (C=O) groups excluding carboxylic acids is 1. The van der Waals surface area contributed by atoms with E-state index in [1.165, 1.54) is 0 Å². The van der Waals surface area contributed by atoms with Gasteiger partial charge in [0.05, 0.1) is 24.2 Å². The molecular weight excluding hydrogens is 464 g/mol. The van der Waals surface area contributed by atoms with E-state index in [0.29, 0.717) is 31.0 Å². The molecule has 0 spiro atoms. The lowest BCUT2D eigenvalue weighted by Gasteiger charge is -2.68. The summed E-state index contributed by atoms with van der Waals surface area (Å²) in [4.78, 5) is 12.1. The van der Waals surface area contributed by atoms with Gasteiger partial charge in [-0.15, -0.1) is 36.5 Å². The van der Waals surface area contributed by atoms with Gasteiger partial charge in [-0.2, -0.15) is 0 Å². The summed E-state index contributed by atoms with van der Waals surface area (Å²) >= 11 is 0. The number of carbonyl (C=O) groups is 1. The van der Waals surface area contributed by atoms with E-state index >= 15 is 0 Å². The maximum Gasteiger partial charge on any atom is 0.522 e. The summed E-state index contributed by atoms with van der Waals surface area (Å²) < 4.78 is 91.7. The zero-order chi connectivity index (χ0) is 23.6. The van der Waals surface area contributed by atoms with Crippen molar-refractivity contribution >= 4 is 6.09 Å². The minimum atomic E-state index is -4.66. The minimum Gasteiger partial charge on any atom is -0.449 e. The molecule has 5 aliphatic rings. The number of hydrogen-bond acceptors (Lipinski definition) is 7. The van der Waals surface area contributed by atoms with Gasteiger partial charge in [-0.05, 0) is 50.9 Å². The third-order valence-corrected chi connectivity index (χ3v) is 6.98. The van der Waals surface area contributed by atoms with Gasteiger partial charge in [-0.3, -0.25) is 9.47 Å². The van der Waals surface area contributed by atoms with E-state index in [1.807, 2.05) is 0 Å². The lowest BCUT2D eigenvalue weighted by molar-refractivity contribution is -0.355. The third-order valence-electron chi connectivity index (χ3n) is 6.98. The Morgan fingerprint density at radius 2 is 1.55 bits per heavy atom. The van der Waals surface area contributed by atoms with Gasteiger partial charge in [-0.25, -0.2) is 4.79 Å². The molecule has 0 radical (unpaired) electrons. The highest BCUT2D eigenvalue weighted by molar-refractivity contribution is 5.69. The van der Waals surface area contributed by atoms with Crippen molar-refractivity contribution in [2.75, 3.05) is 6.61 Å². The number of alkyl halides is 6. The molecule has 0 atom stereocenters. The first-order valence-corrected chi connectivity index (χ1v) is 10.6. The highest BCUT2D eigenvalue weighted by Crippen LogP contribution is 2.67. The highest BCUT2D eigenvalue weighted by atomic mass is 19.4. The van der Waals surface area contributed by atoms with Crippen LogP contribution in [0.25, 0.3) is 0 Å². The summed E-state index contributed by atoms with van der Waals surface area (Å²) in [6.45, 7) is 0.0260. The molecule has 5 saturated carbocycles. The van der Waals surface area contributed by atoms with E-state index in [0.717, 1.165) is 0 Å². The fourth-order valence-electron chi connectivity index (χ4n) is 5.36. The molecule has 0 aromatic carbocycles. The van der Waals surface area contributed by atoms with Gasteiger partial charge in [-0.1, -0.05) is 0 Å². The van der Waals surface area contributed by atoms with E-state index in [4.69, 9.17) is 9.15 Å². The molecule has 1 N–H and O–H groups in total. The van der Waals surface area contributed by atoms with Crippen molar-refractivity contribution in [1.29, 1.82) is 0 Å². The lowest BCUT2D eigenvalue weighted by atomic mass is 9.39. The van der Waals surface area contributed by atoms with Gasteiger partial charge in [0.15, 0.2) is 0 Å². The van der Waals surface area contributed by atoms with Gasteiger partial charge < -0.3 is 14.5 Å². The second-order valence-corrected chi connectivity index (χ2v) is 9.64. The lowest BCUT2D eigenvalue weighted by Crippen LogP contribution is -2.76. The zero-order valence-corrected chi connectivity index (χ0v) is 17.2. The Bertz CT molecular complexity index is 887. The van der Waals surface area contributed by atoms with E-state index < -0.39 is 36.6 Å². The van der Waals surface area contributed by atoms with Crippen molar-refractivity contribution in [1.82, 2.24) is 15.5 Å². The number of alkyl carbamates (subject to hydrolysis) is 1. The molecule has 8 nitrogen and oxygen atoms in total. The number of aromatic nitrogens is 2. The summed E-state index contributed by atoms with van der Waals surface area (Å²) in [5, 5.41) is 10.8. The summed E-state index contributed by atoms with van der Waals surface area (Å²) in [6, 6.07) is 0. The van der Waals surface area contributed by atoms with Gasteiger partial charge in [0.2, 0.25) is 11.8 Å². The molecular formula is C19H21F6N3O5. The predicted molar refractivity (Wildman–Crippen MR) is 93.6 cm³/mol. The van der Waals surface area contributed by atoms with Crippen LogP contribution < -0.4 is 5.32 Å². The summed E-state index contributed by atoms with van der Waals surface area (Å²) in [7, 11) is 0. The molecule has 0 saturated heterocycles. The molecule has 1 amide bonds. The van der Waals surface area contributed by atoms with E-state index in [2.05, 4.69) is 25.0 Å². The second-order valence-electron chi connectivity index (χ2n) is 9.64. The molecule has 0 unspecified atom stereocenters. The molecule has 1 aromatic heterocycles. The maximum absolute atomic E-state index is 12.2. The van der Waals surface area contributed by atoms with Crippen molar-refractivity contribution in [3.8, 4) is 0 Å². The quantitative estimate of drug-likeness (QED) is 0.582. The summed E-state index contributed by atoms with van der Waals surface area (Å²) in [5.41, 5.74) is -0.782. The van der Waals surface area contributed by atoms with Crippen LogP contribution >= 0.6 is 0 Å². The molecule has 33 heavy (non-hydrogen) atoms. The van der Waals surface area contributed by atoms with Gasteiger partial charge in [0.25, 0.3) is 0 Å². The second kappa shape index (κ2) is 7.45. The molecule has 184 valence electrons. The fraction of sp³-hybridized carbons (Fsp3) is 0.842. The van der Waals surface area contributed by atoms with Crippen LogP contribution in [0, 0.1) is 5.92 Å². The van der Waals surface area contributed by atoms with Crippen molar-refractivity contribution in [2.24, 2.45) is 5.92 Å². The number of halogens is 6. The Labute approximate surface area is 183 Å². The summed E-state index contributed by atoms with van der Waals surface area (Å²) in [5.74, 6) is 0.291. The first-order chi connectivity index (χ1) is 15.3. The van der Waals surface area contributed by atoms with Gasteiger partial charge >= 0.3 is 18.8 Å². The minimum absolute atomic E-state index is 0.0260. The Hall–Kier alpha value is -2.09. The molecule has 0 aliphatic heterocycles. The van der Waals surface area contributed by atoms with Crippen LogP contribution in [-0.4, -0.2) is 53.4 Å². The van der Waals surface area contributed by atoms with Crippen LogP contribution in [0.1, 0.15) is 62.6 Å². The van der Waals surface area contributed by atoms with Crippen LogP contribution in [0.4, 0.5) is 31.1 Å². The van der Waals surface area contributed by atoms with Crippen LogP contribution in [-0.2, 0) is 19.6 Å². The van der Waals surface area contributed by atoms with E-state index in [1.54, 1.807) is 0 Å². The first-order valence-electron chi connectivity index (χ1n) is 10.6. The Morgan fingerprint density at radius 1 is 0.970 bits per heavy atom. The van der Waals surface area contributed by atoms with Crippen LogP contribution in [0.5, 0.6) is 0 Å². The molecule has 1 aromatic rings. The number of nitrogens with one attached hydrogen (secondary N) is 1. The molecule has 6 rings (SSSR count). The largest absolute Gasteiger partial charge is 0.522 e. The number of nitrogens with zero attached hydrogens (tertiary/aromatic N) is 2. The number of amides is 1. The Balaban J connectivity index is 1.01. The monoisotopic (exact) mass is 485 g/mol. The molecule has 5 fully saturated rings. The standard InChI is InChI=1S/C19H21F6N3O5/c20-18(21,22)32-11-1-9(2-11)5-30-15(29)26-17-6-16(7-17,8-17)14-28-27-13(31-14)10-3-12(4-10)33-19(23,24)25/h9-12H,1-8H2,(H,26,29). The van der Waals surface area contributed by atoms with Gasteiger partial charge in [0, 0.05) is 11.5 Å². The molecule has 2 bridgehead atoms. The summed E-state index contributed by atoms with van der Waals surface area (Å²) in [6.07, 6.45) is -9.31. The van der Waals surface area contributed by atoms with Crippen molar-refractivity contribution in [3.63, 3.8) is 0 Å². The molecule has 1 heterocycles. The smallest absolute Gasteiger partial charge is 0.449 e. The fourth-order valence-corrected chi connectivity index (χ4v) is 5.36. The van der Waals surface area contributed by atoms with Gasteiger partial charge in [0.1, 0.15) is 0 Å². The normalized spacial score (nSPS) is 37.3. The molecule has 14 heteroatoms. The molecule has 5 aliphatic carbocycles. The topological polar surface area (TPSA) is 95.7 Å². The number of rotatable bonds is 7. The zero-order valence-electron chi connectivity index (χ0n) is 17.2. The first kappa shape index (κ1) is 22.7. The van der Waals surface area contributed by atoms with Crippen LogP contribution in [0.15, 0.2) is 4.42 Å². The van der Waals surface area contributed by atoms with Crippen LogP contribution in [0.3, 0.4) is 0 Å². The van der Waals surface area contributed by atoms with E-state index in [9.17, 15) is 31.1 Å². The SMILES string of the molecule is O=C(NC12CC(c3nnc(C4CC(OC(F)(F)F)C4)o3)(C1)C2)OCC1CC(OC(F)(F)F)C1. The Morgan fingerprint density at radius 3 is 2.12 bits per heavy atom. The maximum atomic E-state index is 12.2. The number of ether oxygens (including phenoxy) is 3. The Kier molecular flexibility index (Phi) is 5.13. The number of hydrogen-bond donors (Lipinski definition) is 1. The average molecular weight is 485 g/mol. The third kappa shape index (κ3) is 4.63. The average Bonchev–Trinajstić information content (AvgIpc) is 3.01. The van der Waals surface area contributed by atoms with Crippen molar-refractivity contribution < 1.29 is 49.8 Å². The highest BCUT2D eigenvalue weighted by Gasteiger charge is 2.72. The van der Waals surface area contributed by atoms with Crippen LogP contribution in [0.2, 0.25) is 0 Å². The van der Waals surface area contributed by atoms with Crippen molar-refractivity contribution in [2.45, 2.75) is 86.8 Å².